The van der Waals surface area contributed by atoms with E-state index in [4.69, 9.17) is 0 Å². The average Bonchev–Trinajstić information content (AvgIpc) is 2.85. The number of nitrogens with zero attached hydrogens (tertiary/aromatic N) is 3. The lowest BCUT2D eigenvalue weighted by Crippen LogP contribution is -2.32. The van der Waals surface area contributed by atoms with Crippen molar-refractivity contribution in [1.82, 2.24) is 0 Å². The zero-order valence-electron chi connectivity index (χ0n) is 21.9. The topological polar surface area (TPSA) is 48.8 Å². The molecule has 34 heavy (non-hydrogen) atoms. The summed E-state index contributed by atoms with van der Waals surface area (Å²) >= 11 is 0. The fraction of sp³-hybridized carbons (Fsp3) is 0.633. The molecule has 0 bridgehead atoms. The van der Waals surface area contributed by atoms with Crippen LogP contribution in [0, 0.1) is 6.92 Å². The Bertz CT molecular complexity index is 801. The quantitative estimate of drug-likeness (QED) is 0.125. The third kappa shape index (κ3) is 12.9. The maximum atomic E-state index is 9.87. The van der Waals surface area contributed by atoms with Crippen molar-refractivity contribution in [2.75, 3.05) is 0 Å². The van der Waals surface area contributed by atoms with Gasteiger partial charge in [-0.25, -0.2) is 4.57 Å². The van der Waals surface area contributed by atoms with Gasteiger partial charge < -0.3 is 5.11 Å². The van der Waals surface area contributed by atoms with E-state index >= 15 is 0 Å². The second kappa shape index (κ2) is 18.1. The van der Waals surface area contributed by atoms with E-state index in [1.807, 2.05) is 31.2 Å². The van der Waals surface area contributed by atoms with E-state index in [0.717, 1.165) is 17.8 Å². The summed E-state index contributed by atoms with van der Waals surface area (Å²) in [5, 5.41) is 18.3. The first-order valence-electron chi connectivity index (χ1n) is 13.9. The number of unbranched alkanes of at least 4 members (excludes halogenated alkanes) is 15. The van der Waals surface area contributed by atoms with Crippen LogP contribution in [0.3, 0.4) is 0 Å². The van der Waals surface area contributed by atoms with Crippen molar-refractivity contribution in [3.8, 4) is 5.75 Å². The molecule has 4 nitrogen and oxygen atoms in total. The van der Waals surface area contributed by atoms with Gasteiger partial charge in [0.2, 0.25) is 0 Å². The molecule has 1 aromatic carbocycles. The number of hydrogen-bond donors (Lipinski definition) is 1. The molecule has 0 saturated carbocycles. The van der Waals surface area contributed by atoms with Crippen LogP contribution < -0.4 is 4.57 Å². The van der Waals surface area contributed by atoms with Crippen LogP contribution in [0.15, 0.2) is 53.0 Å². The Hall–Kier alpha value is -2.23. The third-order valence-corrected chi connectivity index (χ3v) is 6.55. The van der Waals surface area contributed by atoms with Gasteiger partial charge in [0.1, 0.15) is 18.0 Å². The van der Waals surface area contributed by atoms with E-state index in [1.165, 1.54) is 103 Å². The molecule has 0 radical (unpaired) electrons. The van der Waals surface area contributed by atoms with Crippen molar-refractivity contribution < 1.29 is 9.67 Å². The van der Waals surface area contributed by atoms with Crippen LogP contribution in [0.1, 0.15) is 115 Å². The smallest absolute Gasteiger partial charge is 0.171 e. The van der Waals surface area contributed by atoms with Gasteiger partial charge in [0.15, 0.2) is 12.4 Å². The fourth-order valence-electron chi connectivity index (χ4n) is 4.33. The Morgan fingerprint density at radius 2 is 1.15 bits per heavy atom. The summed E-state index contributed by atoms with van der Waals surface area (Å²) in [6, 6.07) is 9.30. The van der Waals surface area contributed by atoms with Crippen LogP contribution in [-0.2, 0) is 6.54 Å². The summed E-state index contributed by atoms with van der Waals surface area (Å²) in [5.74, 6) is 0.156. The van der Waals surface area contributed by atoms with Crippen LogP contribution >= 0.6 is 0 Å². The van der Waals surface area contributed by atoms with E-state index in [-0.39, 0.29) is 5.75 Å². The number of rotatable bonds is 19. The van der Waals surface area contributed by atoms with Crippen LogP contribution in [0.2, 0.25) is 0 Å². The van der Waals surface area contributed by atoms with Crippen molar-refractivity contribution in [2.24, 2.45) is 10.2 Å². The first-order chi connectivity index (χ1) is 16.7. The number of phenols is 1. The van der Waals surface area contributed by atoms with Crippen LogP contribution in [0.25, 0.3) is 0 Å². The number of azo groups is 1. The summed E-state index contributed by atoms with van der Waals surface area (Å²) < 4.78 is 2.22. The number of pyridine rings is 1. The Kier molecular flexibility index (Phi) is 14.9. The summed E-state index contributed by atoms with van der Waals surface area (Å²) in [6.07, 6.45) is 26.5. The van der Waals surface area contributed by atoms with Crippen LogP contribution in [0.4, 0.5) is 11.4 Å². The van der Waals surface area contributed by atoms with Gasteiger partial charge in [0.05, 0.1) is 5.69 Å². The Morgan fingerprint density at radius 1 is 0.647 bits per heavy atom. The van der Waals surface area contributed by atoms with E-state index in [9.17, 15) is 5.11 Å². The predicted octanol–water partition coefficient (Wildman–Crippen LogP) is 9.67. The van der Waals surface area contributed by atoms with Gasteiger partial charge in [-0.15, -0.1) is 10.2 Å². The van der Waals surface area contributed by atoms with Crippen molar-refractivity contribution in [3.63, 3.8) is 0 Å². The molecule has 0 fully saturated rings. The Labute approximate surface area is 208 Å². The average molecular weight is 467 g/mol. The zero-order valence-corrected chi connectivity index (χ0v) is 21.9. The zero-order chi connectivity index (χ0) is 24.3. The molecule has 0 amide bonds. The van der Waals surface area contributed by atoms with E-state index < -0.39 is 0 Å². The van der Waals surface area contributed by atoms with E-state index in [1.54, 1.807) is 6.07 Å². The largest absolute Gasteiger partial charge is 0.506 e. The molecule has 0 aliphatic rings. The van der Waals surface area contributed by atoms with Crippen LogP contribution in [-0.4, -0.2) is 5.11 Å². The number of aryl methyl sites for hydroxylation is 2. The number of benzene rings is 1. The highest BCUT2D eigenvalue weighted by molar-refractivity contribution is 5.52. The van der Waals surface area contributed by atoms with E-state index in [0.29, 0.717) is 5.69 Å². The summed E-state index contributed by atoms with van der Waals surface area (Å²) in [6.45, 7) is 5.31. The fourth-order valence-corrected chi connectivity index (χ4v) is 4.33. The first-order valence-corrected chi connectivity index (χ1v) is 13.9. The molecule has 0 spiro atoms. The summed E-state index contributed by atoms with van der Waals surface area (Å²) in [5.41, 5.74) is 2.35. The van der Waals surface area contributed by atoms with Crippen molar-refractivity contribution in [3.05, 3.63) is 48.3 Å². The molecule has 1 N–H and O–H groups in total. The molecular formula is C30H48N3O+. The highest BCUT2D eigenvalue weighted by Crippen LogP contribution is 2.28. The second-order valence-electron chi connectivity index (χ2n) is 9.79. The molecular weight excluding hydrogens is 418 g/mol. The van der Waals surface area contributed by atoms with Gasteiger partial charge in [-0.2, -0.15) is 0 Å². The summed E-state index contributed by atoms with van der Waals surface area (Å²) in [7, 11) is 0. The number of aromatic nitrogens is 1. The molecule has 0 aliphatic carbocycles. The highest BCUT2D eigenvalue weighted by atomic mass is 16.3. The standard InChI is InChI=1S/C30H47N3O/c1-3-4-5-6-7-8-9-10-11-12-13-14-15-16-17-18-23-33-24-21-28(22-25-33)31-32-29-26-27(2)19-20-30(29)34/h19-22,24-26H,3-18,23H2,1-2H3/p+1. The Balaban J connectivity index is 1.44. The van der Waals surface area contributed by atoms with E-state index in [2.05, 4.69) is 34.1 Å². The number of aromatic hydroxyl groups is 1. The maximum Gasteiger partial charge on any atom is 0.171 e. The minimum absolute atomic E-state index is 0.156. The lowest BCUT2D eigenvalue weighted by molar-refractivity contribution is -0.697. The van der Waals surface area contributed by atoms with Crippen molar-refractivity contribution in [1.29, 1.82) is 0 Å². The molecule has 4 heteroatoms. The first kappa shape index (κ1) is 28.0. The number of phenolic OH excluding ortho intramolecular Hbond substituents is 1. The van der Waals surface area contributed by atoms with Crippen molar-refractivity contribution in [2.45, 2.75) is 123 Å². The maximum absolute atomic E-state index is 9.87. The highest BCUT2D eigenvalue weighted by Gasteiger charge is 2.03. The molecule has 0 unspecified atom stereocenters. The van der Waals surface area contributed by atoms with Gasteiger partial charge in [0.25, 0.3) is 0 Å². The Morgan fingerprint density at radius 3 is 1.68 bits per heavy atom. The summed E-state index contributed by atoms with van der Waals surface area (Å²) in [4.78, 5) is 0. The van der Waals surface area contributed by atoms with Crippen LogP contribution in [0.5, 0.6) is 5.75 Å². The predicted molar refractivity (Wildman–Crippen MR) is 143 cm³/mol. The van der Waals surface area contributed by atoms with Gasteiger partial charge in [-0.3, -0.25) is 0 Å². The molecule has 2 rings (SSSR count). The lowest BCUT2D eigenvalue weighted by atomic mass is 10.0. The number of hydrogen-bond acceptors (Lipinski definition) is 3. The van der Waals surface area contributed by atoms with Gasteiger partial charge in [-0.1, -0.05) is 103 Å². The molecule has 0 aliphatic heterocycles. The SMILES string of the molecule is CCCCCCCCCCCCCCCCCC[n+]1ccc(N=Nc2cc(C)ccc2O)cc1. The second-order valence-corrected chi connectivity index (χ2v) is 9.79. The monoisotopic (exact) mass is 466 g/mol. The third-order valence-electron chi connectivity index (χ3n) is 6.55. The lowest BCUT2D eigenvalue weighted by Gasteiger charge is -2.03. The molecule has 0 atom stereocenters. The molecule has 1 aromatic heterocycles. The minimum atomic E-state index is 0.156. The molecule has 2 aromatic rings. The molecule has 0 saturated heterocycles. The van der Waals surface area contributed by atoms with Gasteiger partial charge in [-0.05, 0) is 31.0 Å². The normalized spacial score (nSPS) is 11.5. The molecule has 1 heterocycles. The minimum Gasteiger partial charge on any atom is -0.506 e. The van der Waals surface area contributed by atoms with Gasteiger partial charge >= 0.3 is 0 Å². The molecule has 188 valence electrons. The van der Waals surface area contributed by atoms with Gasteiger partial charge in [0, 0.05) is 18.6 Å². The van der Waals surface area contributed by atoms with Crippen molar-refractivity contribution >= 4 is 11.4 Å².